The molecule has 84 valence electrons. The van der Waals surface area contributed by atoms with Crippen LogP contribution < -0.4 is 5.32 Å². The van der Waals surface area contributed by atoms with Gasteiger partial charge in [-0.15, -0.1) is 0 Å². The second-order valence-electron chi connectivity index (χ2n) is 5.24. The molecule has 0 amide bonds. The largest absolute Gasteiger partial charge is 0.316 e. The third-order valence-corrected chi connectivity index (χ3v) is 2.37. The van der Waals surface area contributed by atoms with Gasteiger partial charge < -0.3 is 5.32 Å². The quantitative estimate of drug-likeness (QED) is 0.712. The number of carbonyl (C=O) groups is 1. The molecule has 0 aromatic rings. The number of hydrogen-bond donors (Lipinski definition) is 1. The summed E-state index contributed by atoms with van der Waals surface area (Å²) in [5.74, 6) is 0.554. The average molecular weight is 199 g/mol. The predicted octanol–water partition coefficient (Wildman–Crippen LogP) is 2.63. The van der Waals surface area contributed by atoms with E-state index in [0.717, 1.165) is 25.9 Å². The molecule has 0 radical (unpaired) electrons. The standard InChI is InChI=1S/C12H25NO/c1-6-13-9-10(2)11(14)7-8-12(3,4)5/h10,13H,6-9H2,1-5H3. The van der Waals surface area contributed by atoms with Gasteiger partial charge >= 0.3 is 0 Å². The fraction of sp³-hybridized carbons (Fsp3) is 0.917. The summed E-state index contributed by atoms with van der Waals surface area (Å²) in [4.78, 5) is 11.7. The maximum Gasteiger partial charge on any atom is 0.136 e. The van der Waals surface area contributed by atoms with Gasteiger partial charge in [-0.1, -0.05) is 34.6 Å². The average Bonchev–Trinajstić information content (AvgIpc) is 2.09. The van der Waals surface area contributed by atoms with Crippen molar-refractivity contribution >= 4 is 5.78 Å². The lowest BCUT2D eigenvalue weighted by molar-refractivity contribution is -0.122. The summed E-state index contributed by atoms with van der Waals surface area (Å²) in [6.07, 6.45) is 1.71. The highest BCUT2D eigenvalue weighted by atomic mass is 16.1. The Balaban J connectivity index is 3.73. The van der Waals surface area contributed by atoms with Crippen LogP contribution in [0.25, 0.3) is 0 Å². The first kappa shape index (κ1) is 13.6. The fourth-order valence-electron chi connectivity index (χ4n) is 1.22. The van der Waals surface area contributed by atoms with Crippen LogP contribution in [0.2, 0.25) is 0 Å². The van der Waals surface area contributed by atoms with Gasteiger partial charge in [0.1, 0.15) is 5.78 Å². The van der Waals surface area contributed by atoms with Gasteiger partial charge in [0.2, 0.25) is 0 Å². The van der Waals surface area contributed by atoms with E-state index in [4.69, 9.17) is 0 Å². The third-order valence-electron chi connectivity index (χ3n) is 2.37. The van der Waals surface area contributed by atoms with Gasteiger partial charge in [0.25, 0.3) is 0 Å². The van der Waals surface area contributed by atoms with Crippen molar-refractivity contribution in [1.29, 1.82) is 0 Å². The number of carbonyl (C=O) groups excluding carboxylic acids is 1. The molecule has 0 aliphatic carbocycles. The zero-order valence-electron chi connectivity index (χ0n) is 10.3. The smallest absolute Gasteiger partial charge is 0.136 e. The van der Waals surface area contributed by atoms with E-state index in [9.17, 15) is 4.79 Å². The number of ketones is 1. The minimum Gasteiger partial charge on any atom is -0.316 e. The number of hydrogen-bond acceptors (Lipinski definition) is 2. The highest BCUT2D eigenvalue weighted by Gasteiger charge is 2.16. The minimum atomic E-state index is 0.164. The molecule has 0 aliphatic heterocycles. The van der Waals surface area contributed by atoms with Gasteiger partial charge in [0.15, 0.2) is 0 Å². The molecular formula is C12H25NO. The molecule has 0 heterocycles. The molecular weight excluding hydrogens is 174 g/mol. The molecule has 1 N–H and O–H groups in total. The number of rotatable bonds is 6. The second-order valence-corrected chi connectivity index (χ2v) is 5.24. The van der Waals surface area contributed by atoms with Crippen LogP contribution >= 0.6 is 0 Å². The lowest BCUT2D eigenvalue weighted by Crippen LogP contribution is -2.26. The van der Waals surface area contributed by atoms with Gasteiger partial charge in [0.05, 0.1) is 0 Å². The SMILES string of the molecule is CCNCC(C)C(=O)CCC(C)(C)C. The Morgan fingerprint density at radius 1 is 1.36 bits per heavy atom. The summed E-state index contributed by atoms with van der Waals surface area (Å²) in [6.45, 7) is 12.4. The monoisotopic (exact) mass is 199 g/mol. The van der Waals surface area contributed by atoms with Crippen molar-refractivity contribution in [1.82, 2.24) is 5.32 Å². The van der Waals surface area contributed by atoms with Gasteiger partial charge in [-0.3, -0.25) is 4.79 Å². The first-order valence-corrected chi connectivity index (χ1v) is 5.60. The van der Waals surface area contributed by atoms with Crippen molar-refractivity contribution in [3.63, 3.8) is 0 Å². The summed E-state index contributed by atoms with van der Waals surface area (Å²) in [6, 6.07) is 0. The van der Waals surface area contributed by atoms with E-state index in [1.54, 1.807) is 0 Å². The van der Waals surface area contributed by atoms with Crippen molar-refractivity contribution in [2.75, 3.05) is 13.1 Å². The Labute approximate surface area is 88.5 Å². The first-order valence-electron chi connectivity index (χ1n) is 5.60. The number of nitrogens with one attached hydrogen (secondary N) is 1. The molecule has 0 saturated carbocycles. The number of Topliss-reactive ketones (excluding diaryl/α,β-unsaturated/α-hetero) is 1. The molecule has 0 fully saturated rings. The maximum absolute atomic E-state index is 11.7. The van der Waals surface area contributed by atoms with Gasteiger partial charge in [0, 0.05) is 18.9 Å². The Morgan fingerprint density at radius 3 is 2.36 bits per heavy atom. The summed E-state index contributed by atoms with van der Waals surface area (Å²) in [7, 11) is 0. The van der Waals surface area contributed by atoms with Crippen LogP contribution in [0.3, 0.4) is 0 Å². The van der Waals surface area contributed by atoms with Crippen LogP contribution in [0.4, 0.5) is 0 Å². The zero-order valence-corrected chi connectivity index (χ0v) is 10.3. The Bertz CT molecular complexity index is 170. The minimum absolute atomic E-state index is 0.164. The molecule has 1 unspecified atom stereocenters. The van der Waals surface area contributed by atoms with Crippen LogP contribution in [0, 0.1) is 11.3 Å². The predicted molar refractivity (Wildman–Crippen MR) is 61.4 cm³/mol. The fourth-order valence-corrected chi connectivity index (χ4v) is 1.22. The van der Waals surface area contributed by atoms with Crippen LogP contribution in [0.1, 0.15) is 47.5 Å². The highest BCUT2D eigenvalue weighted by Crippen LogP contribution is 2.21. The first-order chi connectivity index (χ1) is 6.37. The third kappa shape index (κ3) is 7.07. The van der Waals surface area contributed by atoms with Crippen LogP contribution in [-0.4, -0.2) is 18.9 Å². The van der Waals surface area contributed by atoms with E-state index in [0.29, 0.717) is 5.78 Å². The summed E-state index contributed by atoms with van der Waals surface area (Å²) in [5, 5.41) is 3.21. The summed E-state index contributed by atoms with van der Waals surface area (Å²) < 4.78 is 0. The van der Waals surface area contributed by atoms with E-state index in [1.165, 1.54) is 0 Å². The van der Waals surface area contributed by atoms with E-state index < -0.39 is 0 Å². The normalized spacial score (nSPS) is 14.1. The molecule has 14 heavy (non-hydrogen) atoms. The van der Waals surface area contributed by atoms with Crippen LogP contribution in [0.5, 0.6) is 0 Å². The van der Waals surface area contributed by atoms with Crippen molar-refractivity contribution in [2.24, 2.45) is 11.3 Å². The summed E-state index contributed by atoms with van der Waals surface area (Å²) in [5.41, 5.74) is 0.271. The molecule has 2 nitrogen and oxygen atoms in total. The lowest BCUT2D eigenvalue weighted by atomic mass is 9.87. The van der Waals surface area contributed by atoms with Gasteiger partial charge in [-0.2, -0.15) is 0 Å². The Kier molecular flexibility index (Phi) is 6.01. The van der Waals surface area contributed by atoms with Crippen molar-refractivity contribution in [2.45, 2.75) is 47.5 Å². The van der Waals surface area contributed by atoms with Crippen LogP contribution in [0.15, 0.2) is 0 Å². The highest BCUT2D eigenvalue weighted by molar-refractivity contribution is 5.80. The van der Waals surface area contributed by atoms with Gasteiger partial charge in [-0.25, -0.2) is 0 Å². The topological polar surface area (TPSA) is 29.1 Å². The molecule has 0 aromatic heterocycles. The summed E-state index contributed by atoms with van der Waals surface area (Å²) >= 11 is 0. The maximum atomic E-state index is 11.7. The Hall–Kier alpha value is -0.370. The van der Waals surface area contributed by atoms with E-state index in [2.05, 4.69) is 33.0 Å². The van der Waals surface area contributed by atoms with Crippen molar-refractivity contribution < 1.29 is 4.79 Å². The van der Waals surface area contributed by atoms with Crippen molar-refractivity contribution in [3.05, 3.63) is 0 Å². The Morgan fingerprint density at radius 2 is 1.93 bits per heavy atom. The second kappa shape index (κ2) is 6.18. The molecule has 2 heteroatoms. The molecule has 1 atom stereocenters. The van der Waals surface area contributed by atoms with E-state index in [1.807, 2.05) is 6.92 Å². The molecule has 0 rings (SSSR count). The lowest BCUT2D eigenvalue weighted by Gasteiger charge is -2.18. The van der Waals surface area contributed by atoms with E-state index in [-0.39, 0.29) is 11.3 Å². The molecule has 0 spiro atoms. The zero-order chi connectivity index (χ0) is 11.2. The van der Waals surface area contributed by atoms with Gasteiger partial charge in [-0.05, 0) is 18.4 Å². The molecule has 0 aromatic carbocycles. The molecule has 0 saturated heterocycles. The van der Waals surface area contributed by atoms with E-state index >= 15 is 0 Å². The molecule has 0 bridgehead atoms. The molecule has 0 aliphatic rings. The van der Waals surface area contributed by atoms with Crippen molar-refractivity contribution in [3.8, 4) is 0 Å². The van der Waals surface area contributed by atoms with Crippen LogP contribution in [-0.2, 0) is 4.79 Å².